The van der Waals surface area contributed by atoms with Crippen LogP contribution in [0.15, 0.2) is 22.7 Å². The van der Waals surface area contributed by atoms with Crippen LogP contribution >= 0.6 is 0 Å². The molecule has 186 valence electrons. The van der Waals surface area contributed by atoms with Gasteiger partial charge in [0.25, 0.3) is 0 Å². The third-order valence-corrected chi connectivity index (χ3v) is 5.99. The summed E-state index contributed by atoms with van der Waals surface area (Å²) in [5, 5.41) is 19.1. The van der Waals surface area contributed by atoms with E-state index in [-0.39, 0.29) is 37.0 Å². The maximum Gasteiger partial charge on any atom is 0.323 e. The second kappa shape index (κ2) is 10.9. The van der Waals surface area contributed by atoms with Crippen molar-refractivity contribution in [2.24, 2.45) is 5.92 Å². The van der Waals surface area contributed by atoms with E-state index in [0.29, 0.717) is 47.2 Å². The summed E-state index contributed by atoms with van der Waals surface area (Å²) in [7, 11) is 3.96. The quantitative estimate of drug-likeness (QED) is 0.590. The summed E-state index contributed by atoms with van der Waals surface area (Å²) in [5.41, 5.74) is 2.30. The van der Waals surface area contributed by atoms with Gasteiger partial charge >= 0.3 is 6.03 Å². The third-order valence-electron chi connectivity index (χ3n) is 5.99. The number of aliphatic hydroxyl groups excluding tert-OH is 1. The number of fused-ring (bicyclic) bond motifs is 1. The molecule has 0 radical (unpaired) electrons. The summed E-state index contributed by atoms with van der Waals surface area (Å²) < 4.78 is 11.5. The zero-order valence-electron chi connectivity index (χ0n) is 20.7. The molecular weight excluding hydrogens is 438 g/mol. The number of aliphatic hydroxyl groups is 1. The molecule has 0 bridgehead atoms. The summed E-state index contributed by atoms with van der Waals surface area (Å²) in [6.07, 6.45) is -0.0584. The number of aryl methyl sites for hydroxylation is 2. The third kappa shape index (κ3) is 6.06. The summed E-state index contributed by atoms with van der Waals surface area (Å²) in [5.74, 6) is 1.08. The first kappa shape index (κ1) is 25.5. The van der Waals surface area contributed by atoms with Gasteiger partial charge in [-0.1, -0.05) is 12.1 Å². The van der Waals surface area contributed by atoms with Crippen molar-refractivity contribution in [3.05, 3.63) is 35.2 Å². The van der Waals surface area contributed by atoms with Gasteiger partial charge in [-0.05, 0) is 53.1 Å². The number of nitrogens with zero attached hydrogens (tertiary/aromatic N) is 3. The zero-order valence-corrected chi connectivity index (χ0v) is 20.7. The molecule has 10 heteroatoms. The van der Waals surface area contributed by atoms with Gasteiger partial charge in [-0.2, -0.15) is 0 Å². The number of aromatic nitrogens is 1. The minimum absolute atomic E-state index is 0.0462. The van der Waals surface area contributed by atoms with Crippen LogP contribution in [0.2, 0.25) is 0 Å². The van der Waals surface area contributed by atoms with Crippen LogP contribution in [0.25, 0.3) is 0 Å². The van der Waals surface area contributed by atoms with Crippen LogP contribution in [0.5, 0.6) is 5.75 Å². The van der Waals surface area contributed by atoms with E-state index in [2.05, 4.69) is 27.6 Å². The molecule has 3 rings (SSSR count). The van der Waals surface area contributed by atoms with Gasteiger partial charge in [0.2, 0.25) is 5.91 Å². The second-order valence-electron chi connectivity index (χ2n) is 9.25. The van der Waals surface area contributed by atoms with Crippen LogP contribution in [0.1, 0.15) is 30.9 Å². The molecule has 0 saturated carbocycles. The van der Waals surface area contributed by atoms with Crippen molar-refractivity contribution < 1.29 is 24.0 Å². The molecule has 0 spiro atoms. The number of amides is 3. The monoisotopic (exact) mass is 473 g/mol. The van der Waals surface area contributed by atoms with Crippen LogP contribution in [0, 0.1) is 19.8 Å². The Hall–Kier alpha value is -3.11. The average Bonchev–Trinajstić information content (AvgIpc) is 3.10. The first-order chi connectivity index (χ1) is 16.1. The Kier molecular flexibility index (Phi) is 8.16. The van der Waals surface area contributed by atoms with Gasteiger partial charge in [-0.15, -0.1) is 0 Å². The highest BCUT2D eigenvalue weighted by Gasteiger charge is 2.30. The fraction of sp³-hybridized carbons (Fsp3) is 0.542. The highest BCUT2D eigenvalue weighted by atomic mass is 16.5. The summed E-state index contributed by atoms with van der Waals surface area (Å²) in [6, 6.07) is 4.54. The topological polar surface area (TPSA) is 120 Å². The lowest BCUT2D eigenvalue weighted by atomic mass is 10.0. The molecule has 3 atom stereocenters. The van der Waals surface area contributed by atoms with Crippen molar-refractivity contribution in [1.29, 1.82) is 0 Å². The smallest absolute Gasteiger partial charge is 0.323 e. The fourth-order valence-corrected chi connectivity index (χ4v) is 4.02. The molecule has 1 aliphatic heterocycles. The number of carbonyl (C=O) groups is 2. The van der Waals surface area contributed by atoms with E-state index < -0.39 is 6.03 Å². The van der Waals surface area contributed by atoms with Crippen LogP contribution in [0.4, 0.5) is 16.2 Å². The van der Waals surface area contributed by atoms with Crippen molar-refractivity contribution in [2.75, 3.05) is 44.4 Å². The molecule has 0 aliphatic carbocycles. The van der Waals surface area contributed by atoms with Crippen molar-refractivity contribution in [3.8, 4) is 5.75 Å². The number of carbonyl (C=O) groups excluding carboxylic acids is 2. The lowest BCUT2D eigenvalue weighted by molar-refractivity contribution is -0.134. The van der Waals surface area contributed by atoms with Crippen LogP contribution in [-0.2, 0) is 11.2 Å². The number of rotatable bonds is 6. The van der Waals surface area contributed by atoms with E-state index >= 15 is 0 Å². The maximum atomic E-state index is 13.2. The Bertz CT molecular complexity index is 1000. The summed E-state index contributed by atoms with van der Waals surface area (Å²) in [4.78, 5) is 29.5. The van der Waals surface area contributed by atoms with E-state index in [0.717, 1.165) is 0 Å². The maximum absolute atomic E-state index is 13.2. The standard InChI is InChI=1S/C24H35N5O5/c1-14-11-29(15(2)13-30)22(31)10-18-9-19(7-8-20(18)33-21(14)12-28(5)6)25-24(32)26-23-16(3)27-34-17(23)4/h7-9,14-15,21,30H,10-13H2,1-6H3,(H2,25,26,32)/t14-,15+,21+/m0/s1. The number of hydrogen-bond donors (Lipinski definition) is 3. The van der Waals surface area contributed by atoms with Crippen LogP contribution < -0.4 is 15.4 Å². The van der Waals surface area contributed by atoms with Gasteiger partial charge in [0.15, 0.2) is 5.76 Å². The van der Waals surface area contributed by atoms with Gasteiger partial charge in [-0.3, -0.25) is 4.79 Å². The molecule has 3 N–H and O–H groups in total. The van der Waals surface area contributed by atoms with Gasteiger partial charge in [0.05, 0.1) is 19.1 Å². The number of anilines is 2. The highest BCUT2D eigenvalue weighted by molar-refractivity contribution is 6.00. The van der Waals surface area contributed by atoms with E-state index in [1.54, 1.807) is 36.9 Å². The Morgan fingerprint density at radius 1 is 1.32 bits per heavy atom. The molecule has 3 amide bonds. The van der Waals surface area contributed by atoms with Crippen molar-refractivity contribution in [1.82, 2.24) is 15.0 Å². The summed E-state index contributed by atoms with van der Waals surface area (Å²) in [6.45, 7) is 8.40. The second-order valence-corrected chi connectivity index (χ2v) is 9.25. The molecule has 0 saturated heterocycles. The lowest BCUT2D eigenvalue weighted by Crippen LogP contribution is -2.47. The molecule has 1 aromatic carbocycles. The fourth-order valence-electron chi connectivity index (χ4n) is 4.02. The largest absolute Gasteiger partial charge is 0.488 e. The van der Waals surface area contributed by atoms with E-state index in [1.807, 2.05) is 21.0 Å². The van der Waals surface area contributed by atoms with Crippen LogP contribution in [0.3, 0.4) is 0 Å². The zero-order chi connectivity index (χ0) is 25.0. The molecular formula is C24H35N5O5. The molecule has 0 fully saturated rings. The first-order valence-electron chi connectivity index (χ1n) is 11.4. The molecule has 2 heterocycles. The van der Waals surface area contributed by atoms with Crippen molar-refractivity contribution in [2.45, 2.75) is 46.3 Å². The minimum atomic E-state index is -0.445. The highest BCUT2D eigenvalue weighted by Crippen LogP contribution is 2.29. The first-order valence-corrected chi connectivity index (χ1v) is 11.4. The van der Waals surface area contributed by atoms with Crippen molar-refractivity contribution in [3.63, 3.8) is 0 Å². The number of benzene rings is 1. The molecule has 0 unspecified atom stereocenters. The van der Waals surface area contributed by atoms with E-state index in [1.165, 1.54) is 0 Å². The minimum Gasteiger partial charge on any atom is -0.488 e. The summed E-state index contributed by atoms with van der Waals surface area (Å²) >= 11 is 0. The SMILES string of the molecule is Cc1noc(C)c1NC(=O)Nc1ccc2c(c1)CC(=O)N([C@H](C)CO)C[C@H](C)[C@@H](CN(C)C)O2. The lowest BCUT2D eigenvalue weighted by Gasteiger charge is -2.33. The van der Waals surface area contributed by atoms with Gasteiger partial charge in [0, 0.05) is 30.3 Å². The molecule has 2 aromatic rings. The average molecular weight is 474 g/mol. The number of urea groups is 1. The Balaban J connectivity index is 1.87. The number of nitrogens with one attached hydrogen (secondary N) is 2. The molecule has 34 heavy (non-hydrogen) atoms. The number of likely N-dealkylation sites (N-methyl/N-ethyl adjacent to an activating group) is 1. The van der Waals surface area contributed by atoms with E-state index in [4.69, 9.17) is 9.26 Å². The number of hydrogen-bond acceptors (Lipinski definition) is 7. The normalized spacial score (nSPS) is 19.5. The molecule has 10 nitrogen and oxygen atoms in total. The predicted molar refractivity (Wildman–Crippen MR) is 129 cm³/mol. The van der Waals surface area contributed by atoms with Crippen molar-refractivity contribution >= 4 is 23.3 Å². The molecule has 1 aromatic heterocycles. The Labute approximate surface area is 200 Å². The van der Waals surface area contributed by atoms with Gasteiger partial charge < -0.3 is 34.8 Å². The number of ether oxygens (including phenoxy) is 1. The van der Waals surface area contributed by atoms with Gasteiger partial charge in [-0.25, -0.2) is 4.79 Å². The van der Waals surface area contributed by atoms with Gasteiger partial charge in [0.1, 0.15) is 23.2 Å². The van der Waals surface area contributed by atoms with Crippen LogP contribution in [-0.4, -0.2) is 77.9 Å². The Morgan fingerprint density at radius 2 is 2.06 bits per heavy atom. The van der Waals surface area contributed by atoms with E-state index in [9.17, 15) is 14.7 Å². The predicted octanol–water partition coefficient (Wildman–Crippen LogP) is 2.65. The Morgan fingerprint density at radius 3 is 2.68 bits per heavy atom. The molecule has 1 aliphatic rings.